The average molecular weight is 533 g/mol. The number of halogens is 3. The van der Waals surface area contributed by atoms with Gasteiger partial charge in [0.05, 0.1) is 7.11 Å². The van der Waals surface area contributed by atoms with Crippen molar-refractivity contribution < 1.29 is 134 Å². The van der Waals surface area contributed by atoms with Gasteiger partial charge in [0.1, 0.15) is 0 Å². The molecule has 1 aliphatic carbocycles. The van der Waals surface area contributed by atoms with Gasteiger partial charge >= 0.3 is 109 Å². The summed E-state index contributed by atoms with van der Waals surface area (Å²) in [7, 11) is -0.819. The Balaban J connectivity index is -0.000000370. The maximum Gasteiger partial charge on any atom is 1.00 e. The van der Waals surface area contributed by atoms with Gasteiger partial charge in [-0.25, -0.2) is 6.08 Å². The minimum atomic E-state index is -4.00. The first-order chi connectivity index (χ1) is 14.6. The van der Waals surface area contributed by atoms with Crippen molar-refractivity contribution in [2.45, 2.75) is 50.6 Å². The van der Waals surface area contributed by atoms with Crippen molar-refractivity contribution in [3.8, 4) is 5.75 Å². The molecule has 33 heavy (non-hydrogen) atoms. The molecule has 0 N–H and O–H groups in total. The van der Waals surface area contributed by atoms with Crippen molar-refractivity contribution >= 4 is 17.0 Å². The molecular weight excluding hydrogens is 508 g/mol. The van der Waals surface area contributed by atoms with Crippen LogP contribution in [0.5, 0.6) is 5.75 Å². The topological polar surface area (TPSA) is 60.4 Å². The molecule has 0 spiro atoms. The molecule has 0 unspecified atom stereocenters. The Morgan fingerprint density at radius 1 is 1.06 bits per heavy atom. The molecule has 0 saturated heterocycles. The largest absolute Gasteiger partial charge is 1.00 e. The quantitative estimate of drug-likeness (QED) is 0.321. The van der Waals surface area contributed by atoms with Crippen LogP contribution in [0.25, 0.3) is 0 Å². The zero-order valence-corrected chi connectivity index (χ0v) is 26.7. The standard InChI is InChI=1S/C7H6O3S.C7H9O.C7H7.C2H3F3.2K/c1-10-6-4-2-3-5-7(6)11(8)9;8-6-7-4-2-1-3-5-7;1-7-5-3-2-4-6-7;1-2(3,4)5;;/h3-5H,1H3;4H,1-3,5H2;2-3,5-6H,1H3;1H3;;/q-2;2*-1;;2*+1. The van der Waals surface area contributed by atoms with Gasteiger partial charge in [-0.1, -0.05) is 36.9 Å². The summed E-state index contributed by atoms with van der Waals surface area (Å²) in [4.78, 5) is 10.1. The number of ether oxygens (including phenoxy) is 1. The number of methoxy groups -OCH3 is 1. The molecule has 2 aromatic carbocycles. The number of carbonyl (C=O) groups excluding carboxylic acids is 1. The third-order valence-corrected chi connectivity index (χ3v) is 4.17. The molecule has 2 aromatic rings. The molecule has 0 bridgehead atoms. The predicted molar refractivity (Wildman–Crippen MR) is 113 cm³/mol. The van der Waals surface area contributed by atoms with Crippen molar-refractivity contribution in [2.75, 3.05) is 7.11 Å². The number of alkyl halides is 3. The van der Waals surface area contributed by atoms with E-state index in [1.807, 2.05) is 30.6 Å². The number of aryl methyl sites for hydroxylation is 1. The van der Waals surface area contributed by atoms with E-state index in [-0.39, 0.29) is 115 Å². The fraction of sp³-hybridized carbons (Fsp3) is 0.348. The van der Waals surface area contributed by atoms with Crippen LogP contribution in [-0.4, -0.2) is 19.6 Å². The van der Waals surface area contributed by atoms with Gasteiger partial charge in [0.2, 0.25) is 0 Å². The Bertz CT molecular complexity index is 858. The Kier molecular flexibility index (Phi) is 26.7. The molecular formula is C23H25F3K2O4S-2. The van der Waals surface area contributed by atoms with E-state index >= 15 is 0 Å². The second kappa shape index (κ2) is 23.1. The Hall–Kier alpha value is 0.663. The van der Waals surface area contributed by atoms with Crippen LogP contribution in [0.4, 0.5) is 13.2 Å². The fourth-order valence-electron chi connectivity index (χ4n) is 2.11. The monoisotopic (exact) mass is 532 g/mol. The van der Waals surface area contributed by atoms with E-state index in [9.17, 15) is 26.4 Å². The van der Waals surface area contributed by atoms with Gasteiger partial charge in [-0.05, 0) is 12.0 Å². The van der Waals surface area contributed by atoms with E-state index in [1.165, 1.54) is 43.7 Å². The van der Waals surface area contributed by atoms with Crippen molar-refractivity contribution in [3.63, 3.8) is 0 Å². The van der Waals surface area contributed by atoms with Crippen LogP contribution in [0, 0.1) is 19.1 Å². The molecule has 172 valence electrons. The summed E-state index contributed by atoms with van der Waals surface area (Å²) in [6.45, 7) is 2.24. The van der Waals surface area contributed by atoms with Crippen molar-refractivity contribution in [2.24, 2.45) is 0 Å². The molecule has 4 nitrogen and oxygen atoms in total. The summed E-state index contributed by atoms with van der Waals surface area (Å²) in [6.07, 6.45) is 4.33. The average Bonchev–Trinajstić information content (AvgIpc) is 2.74. The SMILES string of the molecule is CC(F)(F)F.COc1c[c-]ccc1[S-](=O)=O.Cc1c[c-]ccc1.O=[C-]C1=CCCCC1.[K+].[K+]. The first kappa shape index (κ1) is 38.2. The zero-order chi connectivity index (χ0) is 23.7. The van der Waals surface area contributed by atoms with Crippen LogP contribution < -0.4 is 108 Å². The molecule has 0 aromatic heterocycles. The number of hydrogen-bond donors (Lipinski definition) is 0. The van der Waals surface area contributed by atoms with Gasteiger partial charge < -0.3 is 17.9 Å². The Morgan fingerprint density at radius 2 is 1.67 bits per heavy atom. The molecule has 1 aliphatic rings. The fourth-order valence-corrected chi connectivity index (χ4v) is 2.60. The smallest absolute Gasteiger partial charge is 0.556 e. The van der Waals surface area contributed by atoms with Crippen LogP contribution in [0.1, 0.15) is 38.2 Å². The zero-order valence-electron chi connectivity index (χ0n) is 19.6. The number of benzene rings is 2. The minimum Gasteiger partial charge on any atom is -0.556 e. The predicted octanol–water partition coefficient (Wildman–Crippen LogP) is 0.132. The van der Waals surface area contributed by atoms with Crippen LogP contribution in [0.3, 0.4) is 0 Å². The van der Waals surface area contributed by atoms with Gasteiger partial charge in [-0.3, -0.25) is 0 Å². The van der Waals surface area contributed by atoms with E-state index in [4.69, 9.17) is 4.74 Å². The summed E-state index contributed by atoms with van der Waals surface area (Å²) in [5, 5.41) is 0. The normalized spacial score (nSPS) is 11.8. The summed E-state index contributed by atoms with van der Waals surface area (Å²) < 4.78 is 56.8. The first-order valence-electron chi connectivity index (χ1n) is 9.28. The summed E-state index contributed by atoms with van der Waals surface area (Å²) in [6, 6.07) is 18.0. The van der Waals surface area contributed by atoms with Gasteiger partial charge in [0.15, 0.2) is 0 Å². The maximum absolute atomic E-state index is 10.5. The van der Waals surface area contributed by atoms with Crippen LogP contribution >= 0.6 is 0 Å². The van der Waals surface area contributed by atoms with E-state index in [1.54, 1.807) is 0 Å². The molecule has 10 heteroatoms. The molecule has 0 radical (unpaired) electrons. The van der Waals surface area contributed by atoms with Crippen LogP contribution in [0.15, 0.2) is 59.0 Å². The molecule has 0 fully saturated rings. The second-order valence-electron chi connectivity index (χ2n) is 6.25. The maximum atomic E-state index is 10.5. The molecule has 3 rings (SSSR count). The molecule has 0 aliphatic heterocycles. The van der Waals surface area contributed by atoms with Crippen molar-refractivity contribution in [3.05, 3.63) is 71.8 Å². The van der Waals surface area contributed by atoms with Crippen molar-refractivity contribution in [1.82, 2.24) is 0 Å². The van der Waals surface area contributed by atoms with E-state index in [0.29, 0.717) is 5.75 Å². The van der Waals surface area contributed by atoms with Gasteiger partial charge in [-0.15, -0.1) is 12.5 Å². The number of rotatable bonds is 3. The summed E-state index contributed by atoms with van der Waals surface area (Å²) in [5.74, 6) is 0.320. The first-order valence-corrected chi connectivity index (χ1v) is 10.4. The summed E-state index contributed by atoms with van der Waals surface area (Å²) >= 11 is 0. The third kappa shape index (κ3) is 24.1. The molecule has 0 atom stereocenters. The molecule has 0 heterocycles. The molecule has 0 saturated carbocycles. The van der Waals surface area contributed by atoms with E-state index in [0.717, 1.165) is 18.4 Å². The van der Waals surface area contributed by atoms with Crippen molar-refractivity contribution in [1.29, 1.82) is 0 Å². The van der Waals surface area contributed by atoms with Gasteiger partial charge in [0.25, 0.3) is 0 Å². The third-order valence-electron chi connectivity index (χ3n) is 3.47. The van der Waals surface area contributed by atoms with Crippen LogP contribution in [-0.2, 0) is 23.9 Å². The Labute approximate surface area is 281 Å². The summed E-state index contributed by atoms with van der Waals surface area (Å²) in [5.41, 5.74) is 2.14. The minimum absolute atomic E-state index is 0. The van der Waals surface area contributed by atoms with E-state index in [2.05, 4.69) is 25.1 Å². The number of allylic oxidation sites excluding steroid dienone is 2. The number of hydrogen-bond acceptors (Lipinski definition) is 5. The van der Waals surface area contributed by atoms with Gasteiger partial charge in [-0.2, -0.15) is 77.7 Å². The van der Waals surface area contributed by atoms with E-state index < -0.39 is 16.9 Å². The van der Waals surface area contributed by atoms with Crippen LogP contribution in [0.2, 0.25) is 0 Å². The molecule has 0 amide bonds. The second-order valence-corrected chi connectivity index (χ2v) is 7.16. The Morgan fingerprint density at radius 3 is 1.97 bits per heavy atom. The van der Waals surface area contributed by atoms with Gasteiger partial charge in [0, 0.05) is 6.92 Å².